The summed E-state index contributed by atoms with van der Waals surface area (Å²) in [5.74, 6) is 0.121. The number of ether oxygens (including phenoxy) is 2. The van der Waals surface area contributed by atoms with Gasteiger partial charge in [0.25, 0.3) is 0 Å². The molecule has 0 aromatic carbocycles. The minimum Gasteiger partial charge on any atom is -0.388 e. The third kappa shape index (κ3) is 10.1. The lowest BCUT2D eigenvalue weighted by molar-refractivity contribution is -0.142. The second-order valence-electron chi connectivity index (χ2n) is 9.49. The highest BCUT2D eigenvalue weighted by Gasteiger charge is 2.31. The van der Waals surface area contributed by atoms with E-state index in [0.29, 0.717) is 45.2 Å². The number of aliphatic hydroxyl groups is 2. The summed E-state index contributed by atoms with van der Waals surface area (Å²) in [4.78, 5) is 28.5. The van der Waals surface area contributed by atoms with Crippen LogP contribution in [0.5, 0.6) is 0 Å². The van der Waals surface area contributed by atoms with Crippen molar-refractivity contribution in [2.45, 2.75) is 78.2 Å². The van der Waals surface area contributed by atoms with Crippen molar-refractivity contribution in [1.29, 1.82) is 0 Å². The van der Waals surface area contributed by atoms with Crippen molar-refractivity contribution in [3.8, 4) is 0 Å². The number of aliphatic hydroxyl groups excluding tert-OH is 2. The van der Waals surface area contributed by atoms with E-state index >= 15 is 0 Å². The summed E-state index contributed by atoms with van der Waals surface area (Å²) in [6.45, 7) is 11.5. The molecule has 0 aliphatic carbocycles. The van der Waals surface area contributed by atoms with E-state index in [1.807, 2.05) is 13.8 Å². The molecule has 4 N–H and O–H groups in total. The van der Waals surface area contributed by atoms with Crippen LogP contribution in [0.15, 0.2) is 0 Å². The third-order valence-electron chi connectivity index (χ3n) is 5.86. The van der Waals surface area contributed by atoms with E-state index in [-0.39, 0.29) is 30.9 Å². The fraction of sp³-hybridized carbons (Fsp3) is 0.913. The molecule has 0 radical (unpaired) electrons. The molecule has 32 heavy (non-hydrogen) atoms. The van der Waals surface area contributed by atoms with Crippen LogP contribution in [0.1, 0.15) is 53.9 Å². The molecule has 1 rings (SSSR count). The molecule has 1 aliphatic heterocycles. The zero-order valence-corrected chi connectivity index (χ0v) is 20.5. The molecule has 9 nitrogen and oxygen atoms in total. The van der Waals surface area contributed by atoms with E-state index in [0.717, 1.165) is 12.8 Å². The minimum atomic E-state index is -1.20. The van der Waals surface area contributed by atoms with Crippen molar-refractivity contribution in [2.75, 3.05) is 46.0 Å². The Morgan fingerprint density at radius 2 is 1.75 bits per heavy atom. The predicted octanol–water partition coefficient (Wildman–Crippen LogP) is 0.610. The number of hydrogen-bond donors (Lipinski definition) is 3. The number of carbonyl (C=O) groups is 2. The first kappa shape index (κ1) is 28.8. The van der Waals surface area contributed by atoms with Gasteiger partial charge in [0.05, 0.1) is 12.6 Å². The monoisotopic (exact) mass is 459 g/mol. The Morgan fingerprint density at radius 1 is 1.09 bits per heavy atom. The van der Waals surface area contributed by atoms with E-state index in [1.54, 1.807) is 9.80 Å². The largest absolute Gasteiger partial charge is 0.388 e. The van der Waals surface area contributed by atoms with Gasteiger partial charge in [0.1, 0.15) is 18.3 Å². The van der Waals surface area contributed by atoms with Crippen molar-refractivity contribution >= 4 is 11.8 Å². The van der Waals surface area contributed by atoms with E-state index in [1.165, 1.54) is 6.92 Å². The van der Waals surface area contributed by atoms with E-state index in [2.05, 4.69) is 13.8 Å². The van der Waals surface area contributed by atoms with Crippen molar-refractivity contribution in [3.63, 3.8) is 0 Å². The summed E-state index contributed by atoms with van der Waals surface area (Å²) in [7, 11) is 0. The average Bonchev–Trinajstić information content (AvgIpc) is 2.73. The fourth-order valence-corrected chi connectivity index (χ4v) is 3.44. The van der Waals surface area contributed by atoms with Crippen LogP contribution < -0.4 is 5.73 Å². The number of amides is 2. The molecule has 188 valence electrons. The molecule has 0 unspecified atom stereocenters. The molecule has 1 aliphatic rings. The summed E-state index contributed by atoms with van der Waals surface area (Å²) in [6.07, 6.45) is -0.853. The number of nitrogens with two attached hydrogens (primary N) is 1. The van der Waals surface area contributed by atoms with Crippen molar-refractivity contribution in [3.05, 3.63) is 0 Å². The summed E-state index contributed by atoms with van der Waals surface area (Å²) < 4.78 is 11.4. The Hall–Kier alpha value is -1.26. The molecule has 0 aromatic heterocycles. The maximum Gasteiger partial charge on any atom is 0.239 e. The molecule has 4 atom stereocenters. The van der Waals surface area contributed by atoms with Gasteiger partial charge in [-0.2, -0.15) is 0 Å². The molecule has 0 saturated carbocycles. The quantitative estimate of drug-likeness (QED) is 0.531. The summed E-state index contributed by atoms with van der Waals surface area (Å²) in [5.41, 5.74) is 6.10. The Kier molecular flexibility index (Phi) is 13.3. The average molecular weight is 460 g/mol. The molecular formula is C23H45N3O6. The molecule has 0 bridgehead atoms. The van der Waals surface area contributed by atoms with Crippen LogP contribution in [0.4, 0.5) is 0 Å². The number of nitrogens with zero attached hydrogens (tertiary/aromatic N) is 2. The second-order valence-corrected chi connectivity index (χ2v) is 9.49. The van der Waals surface area contributed by atoms with Crippen LogP contribution in [0, 0.1) is 11.8 Å². The zero-order chi connectivity index (χ0) is 24.3. The molecule has 0 spiro atoms. The molecule has 1 fully saturated rings. The highest BCUT2D eigenvalue weighted by atomic mass is 16.5. The molecule has 0 aromatic rings. The Balaban J connectivity index is 3.01. The van der Waals surface area contributed by atoms with Crippen molar-refractivity contribution in [2.24, 2.45) is 17.6 Å². The van der Waals surface area contributed by atoms with Crippen LogP contribution in [-0.2, 0) is 19.1 Å². The lowest BCUT2D eigenvalue weighted by Gasteiger charge is -2.34. The molecule has 1 heterocycles. The van der Waals surface area contributed by atoms with E-state index in [4.69, 9.17) is 15.2 Å². The Morgan fingerprint density at radius 3 is 2.34 bits per heavy atom. The van der Waals surface area contributed by atoms with Gasteiger partial charge < -0.3 is 35.2 Å². The van der Waals surface area contributed by atoms with Gasteiger partial charge in [-0.3, -0.25) is 9.59 Å². The lowest BCUT2D eigenvalue weighted by Crippen LogP contribution is -2.52. The Bertz CT molecular complexity index is 560. The first-order valence-electron chi connectivity index (χ1n) is 11.9. The standard InChI is InChI=1S/C23H45N3O6/c1-16(2)8-13-32-20-14-26(18(5)27)11-10-25(23(30)21(24)17(3)4)9-6-7-12-31-15-19(28)22(20)29/h16-17,19-22,28-29H,6-15,24H2,1-5H3/t19-,20-,21-,22-/m1/s1. The van der Waals surface area contributed by atoms with Gasteiger partial charge in [-0.1, -0.05) is 27.7 Å². The van der Waals surface area contributed by atoms with Gasteiger partial charge in [0.15, 0.2) is 0 Å². The number of hydrogen-bond acceptors (Lipinski definition) is 7. The van der Waals surface area contributed by atoms with Crippen LogP contribution in [0.25, 0.3) is 0 Å². The van der Waals surface area contributed by atoms with Gasteiger partial charge in [0, 0.05) is 46.3 Å². The second kappa shape index (κ2) is 14.8. The van der Waals surface area contributed by atoms with E-state index < -0.39 is 24.4 Å². The highest BCUT2D eigenvalue weighted by Crippen LogP contribution is 2.13. The van der Waals surface area contributed by atoms with Gasteiger partial charge >= 0.3 is 0 Å². The lowest BCUT2D eigenvalue weighted by atomic mass is 10.0. The maximum atomic E-state index is 12.9. The molecule has 2 amide bonds. The first-order chi connectivity index (χ1) is 15.0. The predicted molar refractivity (Wildman–Crippen MR) is 123 cm³/mol. The smallest absolute Gasteiger partial charge is 0.239 e. The molecule has 1 saturated heterocycles. The normalized spacial score (nSPS) is 25.6. The Labute approximate surface area is 193 Å². The van der Waals surface area contributed by atoms with Crippen LogP contribution in [0.2, 0.25) is 0 Å². The first-order valence-corrected chi connectivity index (χ1v) is 11.9. The molecular weight excluding hydrogens is 414 g/mol. The SMILES string of the molecule is CC(=O)N1CCN(C(=O)[C@H](N)C(C)C)CCCCOC[C@@H](O)[C@@H](O)[C@H](OCCC(C)C)C1. The van der Waals surface area contributed by atoms with Crippen LogP contribution in [-0.4, -0.2) is 102 Å². The van der Waals surface area contributed by atoms with E-state index in [9.17, 15) is 19.8 Å². The summed E-state index contributed by atoms with van der Waals surface area (Å²) >= 11 is 0. The van der Waals surface area contributed by atoms with Gasteiger partial charge in [-0.15, -0.1) is 0 Å². The topological polar surface area (TPSA) is 126 Å². The number of carbonyl (C=O) groups excluding carboxylic acids is 2. The third-order valence-corrected chi connectivity index (χ3v) is 5.86. The summed E-state index contributed by atoms with van der Waals surface area (Å²) in [5, 5.41) is 21.1. The van der Waals surface area contributed by atoms with Gasteiger partial charge in [-0.25, -0.2) is 0 Å². The van der Waals surface area contributed by atoms with Crippen molar-refractivity contribution < 1.29 is 29.3 Å². The highest BCUT2D eigenvalue weighted by molar-refractivity contribution is 5.82. The minimum absolute atomic E-state index is 0.0122. The summed E-state index contributed by atoms with van der Waals surface area (Å²) in [6, 6.07) is -0.597. The maximum absolute atomic E-state index is 12.9. The molecule has 9 heteroatoms. The fourth-order valence-electron chi connectivity index (χ4n) is 3.44. The van der Waals surface area contributed by atoms with Crippen LogP contribution >= 0.6 is 0 Å². The van der Waals surface area contributed by atoms with Crippen molar-refractivity contribution in [1.82, 2.24) is 9.80 Å². The van der Waals surface area contributed by atoms with Gasteiger partial charge in [0.2, 0.25) is 11.8 Å². The van der Waals surface area contributed by atoms with Crippen LogP contribution in [0.3, 0.4) is 0 Å². The zero-order valence-electron chi connectivity index (χ0n) is 20.5. The number of rotatable bonds is 6. The van der Waals surface area contributed by atoms with Gasteiger partial charge in [-0.05, 0) is 31.1 Å².